The van der Waals surface area contributed by atoms with E-state index in [4.69, 9.17) is 4.74 Å². The van der Waals surface area contributed by atoms with Crippen molar-refractivity contribution >= 4 is 5.95 Å². The number of aryl methyl sites for hydroxylation is 1. The quantitative estimate of drug-likeness (QED) is 0.738. The number of nitrogens with one attached hydrogen (secondary N) is 1. The van der Waals surface area contributed by atoms with Crippen molar-refractivity contribution in [2.24, 2.45) is 7.05 Å². The van der Waals surface area contributed by atoms with Gasteiger partial charge in [-0.2, -0.15) is 0 Å². The summed E-state index contributed by atoms with van der Waals surface area (Å²) in [4.78, 5) is 6.83. The Labute approximate surface area is 103 Å². The average molecular weight is 238 g/mol. The summed E-state index contributed by atoms with van der Waals surface area (Å²) < 4.78 is 7.12. The summed E-state index contributed by atoms with van der Waals surface area (Å²) in [6.07, 6.45) is 6.36. The summed E-state index contributed by atoms with van der Waals surface area (Å²) in [5.41, 5.74) is 0. The maximum absolute atomic E-state index is 5.03. The number of hydrogen-bond acceptors (Lipinski definition) is 4. The van der Waals surface area contributed by atoms with Gasteiger partial charge in [0.05, 0.1) is 6.61 Å². The van der Waals surface area contributed by atoms with Crippen LogP contribution in [0.2, 0.25) is 0 Å². The van der Waals surface area contributed by atoms with Crippen LogP contribution in [0.5, 0.6) is 0 Å². The van der Waals surface area contributed by atoms with E-state index >= 15 is 0 Å². The first kappa shape index (κ1) is 12.4. The van der Waals surface area contributed by atoms with Crippen molar-refractivity contribution < 1.29 is 4.74 Å². The van der Waals surface area contributed by atoms with Crippen LogP contribution in [0.3, 0.4) is 0 Å². The molecule has 2 heterocycles. The average Bonchev–Trinajstić information content (AvgIpc) is 2.93. The predicted molar refractivity (Wildman–Crippen MR) is 68.3 cm³/mol. The molecule has 1 saturated heterocycles. The van der Waals surface area contributed by atoms with Crippen LogP contribution in [-0.2, 0) is 11.8 Å². The minimum absolute atomic E-state index is 0.563. The molecule has 1 fully saturated rings. The van der Waals surface area contributed by atoms with Crippen molar-refractivity contribution in [3.8, 4) is 0 Å². The van der Waals surface area contributed by atoms with Crippen molar-refractivity contribution in [1.82, 2.24) is 14.9 Å². The maximum Gasteiger partial charge on any atom is 0.205 e. The van der Waals surface area contributed by atoms with Gasteiger partial charge in [0, 0.05) is 52.2 Å². The Balaban J connectivity index is 1.87. The fourth-order valence-electron chi connectivity index (χ4n) is 2.39. The number of methoxy groups -OCH3 is 1. The van der Waals surface area contributed by atoms with E-state index in [0.29, 0.717) is 6.04 Å². The largest absolute Gasteiger partial charge is 0.383 e. The zero-order valence-electron chi connectivity index (χ0n) is 10.7. The lowest BCUT2D eigenvalue weighted by Crippen LogP contribution is -2.40. The van der Waals surface area contributed by atoms with E-state index < -0.39 is 0 Å². The molecule has 5 heteroatoms. The zero-order chi connectivity index (χ0) is 12.1. The molecular formula is C12H22N4O. The second kappa shape index (κ2) is 6.02. The van der Waals surface area contributed by atoms with Crippen LogP contribution >= 0.6 is 0 Å². The fourth-order valence-corrected chi connectivity index (χ4v) is 2.39. The Morgan fingerprint density at radius 3 is 3.18 bits per heavy atom. The summed E-state index contributed by atoms with van der Waals surface area (Å²) in [5, 5.41) is 3.44. The Hall–Kier alpha value is -1.07. The van der Waals surface area contributed by atoms with Gasteiger partial charge >= 0.3 is 0 Å². The molecule has 0 aliphatic carbocycles. The van der Waals surface area contributed by atoms with Crippen LogP contribution in [0.1, 0.15) is 12.8 Å². The molecule has 0 bridgehead atoms. The first-order valence-electron chi connectivity index (χ1n) is 6.26. The first-order valence-corrected chi connectivity index (χ1v) is 6.26. The van der Waals surface area contributed by atoms with Gasteiger partial charge in [-0.1, -0.05) is 0 Å². The van der Waals surface area contributed by atoms with E-state index in [9.17, 15) is 0 Å². The minimum Gasteiger partial charge on any atom is -0.383 e. The van der Waals surface area contributed by atoms with Crippen LogP contribution in [0.15, 0.2) is 12.4 Å². The summed E-state index contributed by atoms with van der Waals surface area (Å²) in [6.45, 7) is 3.81. The number of imidazole rings is 1. The number of anilines is 1. The second-order valence-corrected chi connectivity index (χ2v) is 4.52. The lowest BCUT2D eigenvalue weighted by Gasteiger charge is -2.25. The third-order valence-electron chi connectivity index (χ3n) is 3.29. The highest BCUT2D eigenvalue weighted by molar-refractivity contribution is 5.34. The normalized spacial score (nSPS) is 20.1. The van der Waals surface area contributed by atoms with Crippen LogP contribution in [0.25, 0.3) is 0 Å². The molecule has 96 valence electrons. The Morgan fingerprint density at radius 1 is 1.59 bits per heavy atom. The second-order valence-electron chi connectivity index (χ2n) is 4.52. The van der Waals surface area contributed by atoms with Crippen molar-refractivity contribution in [3.63, 3.8) is 0 Å². The Kier molecular flexibility index (Phi) is 4.39. The van der Waals surface area contributed by atoms with Crippen molar-refractivity contribution in [2.75, 3.05) is 38.3 Å². The van der Waals surface area contributed by atoms with Crippen molar-refractivity contribution in [2.45, 2.75) is 18.9 Å². The molecule has 1 atom stereocenters. The molecule has 1 aliphatic rings. The van der Waals surface area contributed by atoms with Gasteiger partial charge in [0.25, 0.3) is 0 Å². The van der Waals surface area contributed by atoms with Gasteiger partial charge in [0.1, 0.15) is 0 Å². The molecule has 1 N–H and O–H groups in total. The van der Waals surface area contributed by atoms with E-state index in [0.717, 1.165) is 32.2 Å². The Bertz CT molecular complexity index is 339. The molecule has 1 aromatic heterocycles. The van der Waals surface area contributed by atoms with Gasteiger partial charge in [0.15, 0.2) is 0 Å². The predicted octanol–water partition coefficient (Wildman–Crippen LogP) is 0.625. The lowest BCUT2D eigenvalue weighted by atomic mass is 10.2. The third-order valence-corrected chi connectivity index (χ3v) is 3.29. The van der Waals surface area contributed by atoms with Gasteiger partial charge in [-0.15, -0.1) is 0 Å². The molecule has 0 spiro atoms. The van der Waals surface area contributed by atoms with E-state index in [1.165, 1.54) is 12.8 Å². The van der Waals surface area contributed by atoms with Gasteiger partial charge in [-0.3, -0.25) is 0 Å². The molecule has 0 amide bonds. The standard InChI is InChI=1S/C12H22N4O/c1-15-8-5-14-12(15)16-7-3-4-11(16)10-13-6-9-17-2/h5,8,11,13H,3-4,6-7,9-10H2,1-2H3. The Morgan fingerprint density at radius 2 is 2.47 bits per heavy atom. The summed E-state index contributed by atoms with van der Waals surface area (Å²) in [7, 11) is 3.79. The SMILES string of the molecule is COCCNCC1CCCN1c1nccn1C. The minimum atomic E-state index is 0.563. The molecule has 0 radical (unpaired) electrons. The lowest BCUT2D eigenvalue weighted by molar-refractivity contribution is 0.199. The molecule has 2 rings (SSSR count). The van der Waals surface area contributed by atoms with Gasteiger partial charge in [0.2, 0.25) is 5.95 Å². The van der Waals surface area contributed by atoms with Crippen LogP contribution in [0.4, 0.5) is 5.95 Å². The highest BCUT2D eigenvalue weighted by atomic mass is 16.5. The zero-order valence-corrected chi connectivity index (χ0v) is 10.7. The molecule has 17 heavy (non-hydrogen) atoms. The molecule has 5 nitrogen and oxygen atoms in total. The van der Waals surface area contributed by atoms with Crippen molar-refractivity contribution in [1.29, 1.82) is 0 Å². The summed E-state index contributed by atoms with van der Waals surface area (Å²) >= 11 is 0. The molecule has 1 unspecified atom stereocenters. The van der Waals surface area contributed by atoms with Crippen LogP contribution in [0, 0.1) is 0 Å². The molecule has 0 saturated carbocycles. The highest BCUT2D eigenvalue weighted by Gasteiger charge is 2.26. The van der Waals surface area contributed by atoms with E-state index in [2.05, 4.69) is 26.8 Å². The number of hydrogen-bond donors (Lipinski definition) is 1. The maximum atomic E-state index is 5.03. The van der Waals surface area contributed by atoms with E-state index in [1.54, 1.807) is 7.11 Å². The van der Waals surface area contributed by atoms with Gasteiger partial charge in [-0.05, 0) is 12.8 Å². The number of rotatable bonds is 6. The molecule has 1 aromatic rings. The van der Waals surface area contributed by atoms with E-state index in [-0.39, 0.29) is 0 Å². The topological polar surface area (TPSA) is 42.3 Å². The van der Waals surface area contributed by atoms with Gasteiger partial charge in [-0.25, -0.2) is 4.98 Å². The molecular weight excluding hydrogens is 216 g/mol. The summed E-state index contributed by atoms with van der Waals surface area (Å²) in [6, 6.07) is 0.563. The van der Waals surface area contributed by atoms with Crippen LogP contribution < -0.4 is 10.2 Å². The summed E-state index contributed by atoms with van der Waals surface area (Å²) in [5.74, 6) is 1.08. The smallest absolute Gasteiger partial charge is 0.205 e. The fraction of sp³-hybridized carbons (Fsp3) is 0.750. The number of aromatic nitrogens is 2. The van der Waals surface area contributed by atoms with Crippen LogP contribution in [-0.4, -0.2) is 48.9 Å². The third kappa shape index (κ3) is 2.98. The number of ether oxygens (including phenoxy) is 1. The molecule has 0 aromatic carbocycles. The van der Waals surface area contributed by atoms with E-state index in [1.807, 2.05) is 12.4 Å². The first-order chi connectivity index (χ1) is 8.33. The van der Waals surface area contributed by atoms with Crippen molar-refractivity contribution in [3.05, 3.63) is 12.4 Å². The highest BCUT2D eigenvalue weighted by Crippen LogP contribution is 2.22. The number of nitrogens with zero attached hydrogens (tertiary/aromatic N) is 3. The molecule has 1 aliphatic heterocycles. The monoisotopic (exact) mass is 238 g/mol. The van der Waals surface area contributed by atoms with Gasteiger partial charge < -0.3 is 19.5 Å².